The number of carbonyl (C=O) groups excluding carboxylic acids is 1. The molecule has 0 aromatic carbocycles. The van der Waals surface area contributed by atoms with Gasteiger partial charge in [-0.1, -0.05) is 13.8 Å². The van der Waals surface area contributed by atoms with Crippen molar-refractivity contribution in [2.45, 2.75) is 25.6 Å². The first-order valence-electron chi connectivity index (χ1n) is 11.0. The van der Waals surface area contributed by atoms with Crippen molar-refractivity contribution in [2.75, 3.05) is 39.4 Å². The average Bonchev–Trinajstić information content (AvgIpc) is 3.47. The summed E-state index contributed by atoms with van der Waals surface area (Å²) < 4.78 is 36.4. The van der Waals surface area contributed by atoms with Crippen LogP contribution in [-0.4, -0.2) is 79.6 Å². The van der Waals surface area contributed by atoms with Crippen LogP contribution in [-0.2, 0) is 19.6 Å². The molecule has 1 aliphatic carbocycles. The standard InChI is InChI=1S/C20H29N7O4S2/c1-14(2)19(28)25-4-6-26(7-5-25)20(27-22-3-8-32-27)10-16(9-18-17(20)11-21-23-18)33(29,30)24-15-12-31-13-15/h3,8-11,14-15,21-24H,4-7,12-13H2,1-2H3. The van der Waals surface area contributed by atoms with Gasteiger partial charge in [-0.05, 0) is 24.1 Å². The third-order valence-corrected chi connectivity index (χ3v) is 8.67. The van der Waals surface area contributed by atoms with Gasteiger partial charge in [0.15, 0.2) is 5.66 Å². The van der Waals surface area contributed by atoms with Crippen LogP contribution in [0, 0.1) is 5.92 Å². The molecule has 5 aliphatic rings. The van der Waals surface area contributed by atoms with Crippen LogP contribution < -0.4 is 21.0 Å². The number of hydrogen-bond donors (Lipinski definition) is 4. The molecule has 180 valence electrons. The lowest BCUT2D eigenvalue weighted by Crippen LogP contribution is -2.66. The minimum absolute atomic E-state index is 0.0566. The monoisotopic (exact) mass is 495 g/mol. The van der Waals surface area contributed by atoms with Crippen LogP contribution in [0.2, 0.25) is 0 Å². The van der Waals surface area contributed by atoms with E-state index >= 15 is 0 Å². The fourth-order valence-electron chi connectivity index (χ4n) is 4.55. The molecular formula is C20H29N7O4S2. The van der Waals surface area contributed by atoms with E-state index in [4.69, 9.17) is 4.74 Å². The predicted octanol–water partition coefficient (Wildman–Crippen LogP) is -0.486. The average molecular weight is 496 g/mol. The molecule has 4 N–H and O–H groups in total. The number of amides is 1. The van der Waals surface area contributed by atoms with Gasteiger partial charge in [-0.15, -0.1) is 4.41 Å². The highest BCUT2D eigenvalue weighted by molar-refractivity contribution is 8.00. The maximum Gasteiger partial charge on any atom is 0.240 e. The number of nitrogens with zero attached hydrogens (tertiary/aromatic N) is 3. The summed E-state index contributed by atoms with van der Waals surface area (Å²) >= 11 is 1.46. The summed E-state index contributed by atoms with van der Waals surface area (Å²) in [6.07, 6.45) is 7.14. The van der Waals surface area contributed by atoms with Gasteiger partial charge in [0, 0.05) is 55.5 Å². The second-order valence-corrected chi connectivity index (χ2v) is 11.4. The first-order chi connectivity index (χ1) is 15.8. The van der Waals surface area contributed by atoms with E-state index in [0.29, 0.717) is 45.1 Å². The van der Waals surface area contributed by atoms with Gasteiger partial charge < -0.3 is 25.9 Å². The molecule has 1 unspecified atom stereocenters. The van der Waals surface area contributed by atoms with Crippen molar-refractivity contribution in [2.24, 2.45) is 5.92 Å². The number of piperazine rings is 1. The lowest BCUT2D eigenvalue weighted by molar-refractivity contribution is -0.137. The third-order valence-electron chi connectivity index (χ3n) is 6.31. The lowest BCUT2D eigenvalue weighted by Gasteiger charge is -2.51. The molecule has 0 saturated carbocycles. The molecule has 1 amide bonds. The molecule has 0 bridgehead atoms. The topological polar surface area (TPSA) is 118 Å². The van der Waals surface area contributed by atoms with Crippen molar-refractivity contribution in [3.8, 4) is 0 Å². The summed E-state index contributed by atoms with van der Waals surface area (Å²) in [5, 5.41) is 1.92. The molecule has 2 saturated heterocycles. The van der Waals surface area contributed by atoms with E-state index in [-0.39, 0.29) is 22.8 Å². The Balaban J connectivity index is 1.51. The molecule has 4 heterocycles. The van der Waals surface area contributed by atoms with E-state index in [2.05, 4.69) is 25.9 Å². The Bertz CT molecular complexity index is 1030. The number of rotatable bonds is 6. The van der Waals surface area contributed by atoms with Gasteiger partial charge in [-0.3, -0.25) is 9.69 Å². The smallest absolute Gasteiger partial charge is 0.240 e. The maximum absolute atomic E-state index is 13.3. The molecule has 33 heavy (non-hydrogen) atoms. The van der Waals surface area contributed by atoms with Gasteiger partial charge in [-0.2, -0.15) is 0 Å². The summed E-state index contributed by atoms with van der Waals surface area (Å²) in [6, 6.07) is -0.221. The number of sulfonamides is 1. The molecule has 0 spiro atoms. The van der Waals surface area contributed by atoms with Crippen molar-refractivity contribution in [1.82, 2.24) is 35.2 Å². The molecule has 11 nitrogen and oxygen atoms in total. The largest absolute Gasteiger partial charge is 0.378 e. The number of fused-ring (bicyclic) bond motifs is 1. The third kappa shape index (κ3) is 3.96. The second-order valence-electron chi connectivity index (χ2n) is 8.81. The molecule has 4 aliphatic heterocycles. The van der Waals surface area contributed by atoms with Crippen molar-refractivity contribution in [3.05, 3.63) is 46.1 Å². The Morgan fingerprint density at radius 3 is 2.64 bits per heavy atom. The summed E-state index contributed by atoms with van der Waals surface area (Å²) in [5.74, 6) is 0.0799. The predicted molar refractivity (Wildman–Crippen MR) is 125 cm³/mol. The van der Waals surface area contributed by atoms with Gasteiger partial charge in [0.2, 0.25) is 15.9 Å². The Labute approximate surface area is 198 Å². The fourth-order valence-corrected chi connectivity index (χ4v) is 6.64. The van der Waals surface area contributed by atoms with E-state index in [9.17, 15) is 13.2 Å². The lowest BCUT2D eigenvalue weighted by atomic mass is 9.90. The van der Waals surface area contributed by atoms with Crippen LogP contribution in [0.3, 0.4) is 0 Å². The zero-order valence-electron chi connectivity index (χ0n) is 18.6. The highest BCUT2D eigenvalue weighted by Gasteiger charge is 2.52. The van der Waals surface area contributed by atoms with Crippen molar-refractivity contribution < 1.29 is 17.9 Å². The summed E-state index contributed by atoms with van der Waals surface area (Å²) in [7, 11) is -3.77. The minimum Gasteiger partial charge on any atom is -0.378 e. The van der Waals surface area contributed by atoms with Gasteiger partial charge in [0.1, 0.15) is 0 Å². The summed E-state index contributed by atoms with van der Waals surface area (Å²) in [6.45, 7) is 6.90. The zero-order valence-corrected chi connectivity index (χ0v) is 20.2. The highest BCUT2D eigenvalue weighted by atomic mass is 32.2. The highest BCUT2D eigenvalue weighted by Crippen LogP contribution is 2.44. The van der Waals surface area contributed by atoms with Gasteiger partial charge in [0.25, 0.3) is 0 Å². The molecule has 5 rings (SSSR count). The molecule has 1 atom stereocenters. The van der Waals surface area contributed by atoms with E-state index in [1.165, 1.54) is 11.9 Å². The first kappa shape index (κ1) is 22.7. The second kappa shape index (κ2) is 8.64. The SMILES string of the molecule is CC(C)C(=O)N1CCN(C2(N3NC=CS3)C=C(S(=O)(=O)NC3COC3)C=C3NNC=C32)CC1. The van der Waals surface area contributed by atoms with Crippen LogP contribution in [0.15, 0.2) is 46.1 Å². The quantitative estimate of drug-likeness (QED) is 0.360. The number of carbonyl (C=O) groups is 1. The number of hydrazine groups is 2. The fraction of sp³-hybridized carbons (Fsp3) is 0.550. The van der Waals surface area contributed by atoms with Gasteiger partial charge in [-0.25, -0.2) is 13.1 Å². The van der Waals surface area contributed by atoms with E-state index in [1.54, 1.807) is 12.2 Å². The Kier molecular flexibility index (Phi) is 5.95. The Morgan fingerprint density at radius 2 is 2.03 bits per heavy atom. The van der Waals surface area contributed by atoms with Gasteiger partial charge >= 0.3 is 0 Å². The Hall–Kier alpha value is -2.03. The van der Waals surface area contributed by atoms with Crippen LogP contribution in [0.5, 0.6) is 0 Å². The van der Waals surface area contributed by atoms with Crippen molar-refractivity contribution in [3.63, 3.8) is 0 Å². The normalized spacial score (nSPS) is 28.3. The molecule has 2 fully saturated rings. The van der Waals surface area contributed by atoms with Crippen LogP contribution in [0.25, 0.3) is 0 Å². The molecule has 0 aromatic heterocycles. The van der Waals surface area contributed by atoms with E-state index in [1.807, 2.05) is 41.0 Å². The van der Waals surface area contributed by atoms with Crippen molar-refractivity contribution >= 4 is 27.9 Å². The summed E-state index contributed by atoms with van der Waals surface area (Å²) in [4.78, 5) is 16.8. The van der Waals surface area contributed by atoms with Crippen LogP contribution in [0.1, 0.15) is 13.8 Å². The first-order valence-corrected chi connectivity index (χ1v) is 13.3. The van der Waals surface area contributed by atoms with E-state index in [0.717, 1.165) is 5.57 Å². The number of hydrogen-bond acceptors (Lipinski definition) is 10. The number of ether oxygens (including phenoxy) is 1. The molecule has 13 heteroatoms. The maximum atomic E-state index is 13.3. The molecule has 0 aromatic rings. The summed E-state index contributed by atoms with van der Waals surface area (Å²) in [5.41, 5.74) is 10.1. The van der Waals surface area contributed by atoms with Crippen LogP contribution in [0.4, 0.5) is 0 Å². The Morgan fingerprint density at radius 1 is 1.27 bits per heavy atom. The minimum atomic E-state index is -3.77. The van der Waals surface area contributed by atoms with Gasteiger partial charge in [0.05, 0.1) is 29.9 Å². The number of allylic oxidation sites excluding steroid dienone is 1. The van der Waals surface area contributed by atoms with Crippen molar-refractivity contribution in [1.29, 1.82) is 0 Å². The van der Waals surface area contributed by atoms with E-state index < -0.39 is 15.7 Å². The number of nitrogens with one attached hydrogen (secondary N) is 4. The van der Waals surface area contributed by atoms with Crippen LogP contribution >= 0.6 is 11.9 Å². The zero-order chi connectivity index (χ0) is 23.2. The molecular weight excluding hydrogens is 466 g/mol. The molecule has 0 radical (unpaired) electrons.